The average molecular weight is 237 g/mol. The van der Waals surface area contributed by atoms with Gasteiger partial charge < -0.3 is 4.90 Å². The number of carbonyl (C=O) groups is 1. The molecule has 0 spiro atoms. The zero-order valence-electron chi connectivity index (χ0n) is 11.3. The molecule has 0 N–H and O–H groups in total. The summed E-state index contributed by atoms with van der Waals surface area (Å²) in [7, 11) is 2.26. The highest BCUT2D eigenvalue weighted by molar-refractivity contribution is 5.79. The van der Waals surface area contributed by atoms with Crippen molar-refractivity contribution in [1.29, 1.82) is 0 Å². The highest BCUT2D eigenvalue weighted by Gasteiger charge is 2.20. The number of hydrogen-bond acceptors (Lipinski definition) is 2. The number of rotatable bonds is 5. The first-order valence-corrected chi connectivity index (χ1v) is 7.44. The van der Waals surface area contributed by atoms with Crippen LogP contribution in [-0.4, -0.2) is 30.8 Å². The van der Waals surface area contributed by atoms with Crippen molar-refractivity contribution >= 4 is 5.78 Å². The van der Waals surface area contributed by atoms with Gasteiger partial charge in [0, 0.05) is 19.4 Å². The summed E-state index contributed by atoms with van der Waals surface area (Å²) in [5.41, 5.74) is 0. The number of hydrogen-bond donors (Lipinski definition) is 0. The topological polar surface area (TPSA) is 20.3 Å². The van der Waals surface area contributed by atoms with Crippen molar-refractivity contribution in [2.24, 2.45) is 11.8 Å². The molecule has 98 valence electrons. The fourth-order valence-electron chi connectivity index (χ4n) is 3.42. The second-order valence-electron chi connectivity index (χ2n) is 6.18. The van der Waals surface area contributed by atoms with Gasteiger partial charge in [0.15, 0.2) is 0 Å². The Hall–Kier alpha value is -0.370. The van der Waals surface area contributed by atoms with Crippen LogP contribution in [0.1, 0.15) is 57.8 Å². The molecule has 17 heavy (non-hydrogen) atoms. The summed E-state index contributed by atoms with van der Waals surface area (Å²) in [5, 5.41) is 0. The fraction of sp³-hybridized carbons (Fsp3) is 0.933. The van der Waals surface area contributed by atoms with Crippen molar-refractivity contribution in [1.82, 2.24) is 4.90 Å². The molecule has 0 saturated heterocycles. The van der Waals surface area contributed by atoms with E-state index in [1.165, 1.54) is 45.2 Å². The van der Waals surface area contributed by atoms with Crippen molar-refractivity contribution in [3.05, 3.63) is 0 Å². The highest BCUT2D eigenvalue weighted by atomic mass is 16.1. The Labute approximate surface area is 106 Å². The largest absolute Gasteiger partial charge is 0.306 e. The lowest BCUT2D eigenvalue weighted by molar-refractivity contribution is -0.121. The van der Waals surface area contributed by atoms with Crippen molar-refractivity contribution in [3.63, 3.8) is 0 Å². The van der Waals surface area contributed by atoms with E-state index < -0.39 is 0 Å². The smallest absolute Gasteiger partial charge is 0.132 e. The third-order valence-corrected chi connectivity index (χ3v) is 4.63. The van der Waals surface area contributed by atoms with E-state index in [0.717, 1.165) is 37.5 Å². The summed E-state index contributed by atoms with van der Waals surface area (Å²) in [5.74, 6) is 2.27. The molecular formula is C15H27NO. The van der Waals surface area contributed by atoms with Gasteiger partial charge in [-0.25, -0.2) is 0 Å². The number of nitrogens with zero attached hydrogens (tertiary/aromatic N) is 1. The SMILES string of the molecule is CN(CCC1CCCC1)CC1CCC(=O)CC1. The number of ketones is 1. The molecule has 0 heterocycles. The quantitative estimate of drug-likeness (QED) is 0.731. The Morgan fingerprint density at radius 1 is 1.06 bits per heavy atom. The first-order chi connectivity index (χ1) is 8.24. The molecule has 2 aliphatic carbocycles. The minimum atomic E-state index is 0.481. The van der Waals surface area contributed by atoms with Crippen LogP contribution >= 0.6 is 0 Å². The Balaban J connectivity index is 1.59. The maximum Gasteiger partial charge on any atom is 0.132 e. The number of carbonyl (C=O) groups excluding carboxylic acids is 1. The molecule has 0 aliphatic heterocycles. The third kappa shape index (κ3) is 4.42. The van der Waals surface area contributed by atoms with E-state index in [1.807, 2.05) is 0 Å². The molecule has 0 radical (unpaired) electrons. The molecule has 0 aromatic carbocycles. The molecule has 0 amide bonds. The molecule has 2 heteroatoms. The Morgan fingerprint density at radius 3 is 2.35 bits per heavy atom. The summed E-state index contributed by atoms with van der Waals surface area (Å²) < 4.78 is 0. The first kappa shape index (κ1) is 13.1. The van der Waals surface area contributed by atoms with Crippen LogP contribution in [0, 0.1) is 11.8 Å². The van der Waals surface area contributed by atoms with Gasteiger partial charge in [-0.3, -0.25) is 4.79 Å². The normalized spacial score (nSPS) is 23.8. The molecule has 2 aliphatic rings. The first-order valence-electron chi connectivity index (χ1n) is 7.44. The van der Waals surface area contributed by atoms with Gasteiger partial charge in [-0.1, -0.05) is 25.7 Å². The van der Waals surface area contributed by atoms with E-state index in [9.17, 15) is 4.79 Å². The van der Waals surface area contributed by atoms with Gasteiger partial charge in [0.1, 0.15) is 5.78 Å². The predicted molar refractivity (Wildman–Crippen MR) is 71.0 cm³/mol. The van der Waals surface area contributed by atoms with Crippen molar-refractivity contribution in [2.75, 3.05) is 20.1 Å². The fourth-order valence-corrected chi connectivity index (χ4v) is 3.42. The van der Waals surface area contributed by atoms with Gasteiger partial charge in [0.2, 0.25) is 0 Å². The zero-order chi connectivity index (χ0) is 12.1. The Bertz CT molecular complexity index is 235. The molecule has 0 aromatic rings. The summed E-state index contributed by atoms with van der Waals surface area (Å²) in [6.45, 7) is 2.47. The van der Waals surface area contributed by atoms with Crippen molar-refractivity contribution < 1.29 is 4.79 Å². The molecule has 2 saturated carbocycles. The van der Waals surface area contributed by atoms with Crippen LogP contribution in [0.25, 0.3) is 0 Å². The second kappa shape index (κ2) is 6.53. The van der Waals surface area contributed by atoms with Gasteiger partial charge >= 0.3 is 0 Å². The molecular weight excluding hydrogens is 210 g/mol. The molecule has 2 nitrogen and oxygen atoms in total. The van der Waals surface area contributed by atoms with Gasteiger partial charge in [-0.15, -0.1) is 0 Å². The van der Waals surface area contributed by atoms with Crippen LogP contribution in [0.3, 0.4) is 0 Å². The van der Waals surface area contributed by atoms with E-state index in [-0.39, 0.29) is 0 Å². The van der Waals surface area contributed by atoms with Crippen LogP contribution in [0.4, 0.5) is 0 Å². The van der Waals surface area contributed by atoms with Crippen molar-refractivity contribution in [2.45, 2.75) is 57.8 Å². The zero-order valence-corrected chi connectivity index (χ0v) is 11.3. The van der Waals surface area contributed by atoms with Crippen LogP contribution < -0.4 is 0 Å². The van der Waals surface area contributed by atoms with E-state index >= 15 is 0 Å². The third-order valence-electron chi connectivity index (χ3n) is 4.63. The van der Waals surface area contributed by atoms with Gasteiger partial charge in [-0.2, -0.15) is 0 Å². The van der Waals surface area contributed by atoms with Gasteiger partial charge in [0.05, 0.1) is 0 Å². The maximum atomic E-state index is 11.2. The summed E-state index contributed by atoms with van der Waals surface area (Å²) >= 11 is 0. The lowest BCUT2D eigenvalue weighted by Crippen LogP contribution is -2.30. The van der Waals surface area contributed by atoms with Gasteiger partial charge in [0.25, 0.3) is 0 Å². The van der Waals surface area contributed by atoms with Gasteiger partial charge in [-0.05, 0) is 44.7 Å². The lowest BCUT2D eigenvalue weighted by atomic mass is 9.88. The average Bonchev–Trinajstić information content (AvgIpc) is 2.83. The second-order valence-corrected chi connectivity index (χ2v) is 6.18. The maximum absolute atomic E-state index is 11.2. The Morgan fingerprint density at radius 2 is 1.71 bits per heavy atom. The highest BCUT2D eigenvalue weighted by Crippen LogP contribution is 2.28. The Kier molecular flexibility index (Phi) is 5.02. The van der Waals surface area contributed by atoms with E-state index in [2.05, 4.69) is 11.9 Å². The minimum Gasteiger partial charge on any atom is -0.306 e. The van der Waals surface area contributed by atoms with Crippen LogP contribution in [0.15, 0.2) is 0 Å². The van der Waals surface area contributed by atoms with E-state index in [1.54, 1.807) is 0 Å². The standard InChI is InChI=1S/C15H27NO/c1-16(11-10-13-4-2-3-5-13)12-14-6-8-15(17)9-7-14/h13-14H,2-12H2,1H3. The molecule has 0 unspecified atom stereocenters. The minimum absolute atomic E-state index is 0.481. The van der Waals surface area contributed by atoms with E-state index in [4.69, 9.17) is 0 Å². The number of Topliss-reactive ketones (excluding diaryl/α,β-unsaturated/α-hetero) is 1. The molecule has 0 aromatic heterocycles. The predicted octanol–water partition coefficient (Wildman–Crippen LogP) is 3.26. The van der Waals surface area contributed by atoms with Crippen LogP contribution in [0.5, 0.6) is 0 Å². The van der Waals surface area contributed by atoms with Crippen molar-refractivity contribution in [3.8, 4) is 0 Å². The van der Waals surface area contributed by atoms with E-state index in [0.29, 0.717) is 5.78 Å². The molecule has 0 bridgehead atoms. The summed E-state index contributed by atoms with van der Waals surface area (Å²) in [4.78, 5) is 13.7. The monoisotopic (exact) mass is 237 g/mol. The molecule has 2 fully saturated rings. The lowest BCUT2D eigenvalue weighted by Gasteiger charge is -2.27. The molecule has 0 atom stereocenters. The molecule has 2 rings (SSSR count). The van der Waals surface area contributed by atoms with Crippen LogP contribution in [0.2, 0.25) is 0 Å². The summed E-state index contributed by atoms with van der Waals surface area (Å²) in [6.07, 6.45) is 11.2. The van der Waals surface area contributed by atoms with Crippen LogP contribution in [-0.2, 0) is 4.79 Å². The summed E-state index contributed by atoms with van der Waals surface area (Å²) in [6, 6.07) is 0.